The number of amides is 1. The fourth-order valence-electron chi connectivity index (χ4n) is 2.59. The smallest absolute Gasteiger partial charge is 0.258 e. The molecule has 0 radical (unpaired) electrons. The minimum absolute atomic E-state index is 0.0682. The lowest BCUT2D eigenvalue weighted by atomic mass is 9.86. The van der Waals surface area contributed by atoms with Crippen molar-refractivity contribution >= 4 is 35.1 Å². The summed E-state index contributed by atoms with van der Waals surface area (Å²) in [5, 5.41) is 4.06. The van der Waals surface area contributed by atoms with Gasteiger partial charge in [-0.3, -0.25) is 4.79 Å². The molecular formula is C19H22N2OS2. The Bertz CT molecular complexity index is 769. The van der Waals surface area contributed by atoms with Crippen LogP contribution in [-0.2, 0) is 5.41 Å². The number of thioether (sulfide) groups is 1. The Morgan fingerprint density at radius 2 is 1.96 bits per heavy atom. The maximum atomic E-state index is 12.9. The molecule has 1 fully saturated rings. The Balaban J connectivity index is 1.82. The van der Waals surface area contributed by atoms with Gasteiger partial charge in [0.1, 0.15) is 0 Å². The third kappa shape index (κ3) is 3.73. The number of hydrogen-bond acceptors (Lipinski definition) is 4. The summed E-state index contributed by atoms with van der Waals surface area (Å²) in [6.45, 7) is 9.28. The first-order valence-electron chi connectivity index (χ1n) is 8.03. The van der Waals surface area contributed by atoms with Gasteiger partial charge in [0.2, 0.25) is 0 Å². The van der Waals surface area contributed by atoms with Gasteiger partial charge in [-0.15, -0.1) is 23.1 Å². The topological polar surface area (TPSA) is 33.2 Å². The van der Waals surface area contributed by atoms with Gasteiger partial charge in [-0.1, -0.05) is 32.9 Å². The van der Waals surface area contributed by atoms with Crippen LogP contribution in [0.2, 0.25) is 0 Å². The molecule has 126 valence electrons. The molecular weight excluding hydrogens is 336 g/mol. The summed E-state index contributed by atoms with van der Waals surface area (Å²) in [4.78, 5) is 19.2. The molecule has 1 aliphatic heterocycles. The van der Waals surface area contributed by atoms with Crippen LogP contribution in [0.4, 0.5) is 0 Å². The Labute approximate surface area is 151 Å². The van der Waals surface area contributed by atoms with E-state index >= 15 is 0 Å². The molecule has 3 nitrogen and oxygen atoms in total. The molecule has 24 heavy (non-hydrogen) atoms. The normalized spacial score (nSPS) is 16.8. The van der Waals surface area contributed by atoms with Gasteiger partial charge in [0, 0.05) is 23.2 Å². The number of aromatic nitrogens is 1. The highest BCUT2D eigenvalue weighted by atomic mass is 32.2. The van der Waals surface area contributed by atoms with Crippen molar-refractivity contribution in [3.8, 4) is 0 Å². The van der Waals surface area contributed by atoms with Crippen molar-refractivity contribution < 1.29 is 4.79 Å². The lowest BCUT2D eigenvalue weighted by Crippen LogP contribution is -2.26. The zero-order chi connectivity index (χ0) is 17.3. The third-order valence-electron chi connectivity index (χ3n) is 3.98. The molecule has 0 unspecified atom stereocenters. The van der Waals surface area contributed by atoms with Crippen LogP contribution in [0.15, 0.2) is 34.7 Å². The lowest BCUT2D eigenvalue weighted by molar-refractivity contribution is 0.0831. The number of carbonyl (C=O) groups excluding carboxylic acids is 1. The molecule has 5 heteroatoms. The van der Waals surface area contributed by atoms with Crippen LogP contribution in [0, 0.1) is 6.92 Å². The number of thiazole rings is 1. The largest absolute Gasteiger partial charge is 0.302 e. The second-order valence-electron chi connectivity index (χ2n) is 6.91. The third-order valence-corrected chi connectivity index (χ3v) is 5.79. The highest BCUT2D eigenvalue weighted by Gasteiger charge is 2.25. The van der Waals surface area contributed by atoms with Gasteiger partial charge in [-0.2, -0.15) is 0 Å². The van der Waals surface area contributed by atoms with Crippen LogP contribution in [0.5, 0.6) is 0 Å². The summed E-state index contributed by atoms with van der Waals surface area (Å²) in [5.74, 6) is 1.000. The average molecular weight is 359 g/mol. The molecule has 1 aromatic heterocycles. The van der Waals surface area contributed by atoms with E-state index in [1.54, 1.807) is 23.1 Å². The molecule has 0 atom stereocenters. The second-order valence-corrected chi connectivity index (χ2v) is 9.08. The number of hydrogen-bond donors (Lipinski definition) is 0. The molecule has 0 bridgehead atoms. The summed E-state index contributed by atoms with van der Waals surface area (Å²) < 4.78 is 0. The molecule has 2 heterocycles. The van der Waals surface area contributed by atoms with E-state index in [9.17, 15) is 4.79 Å². The molecule has 0 spiro atoms. The van der Waals surface area contributed by atoms with Gasteiger partial charge in [-0.05, 0) is 36.1 Å². The maximum absolute atomic E-state index is 12.9. The standard InChI is InChI=1S/C19H22N2OS2/c1-13-20-16(12-24-13)11-17-21(9-10-23-17)18(22)14-5-7-15(8-6-14)19(2,3)4/h5-8,11-12H,9-10H2,1-4H3/b17-11+. The van der Waals surface area contributed by atoms with Crippen LogP contribution in [-0.4, -0.2) is 28.1 Å². The van der Waals surface area contributed by atoms with Gasteiger partial charge < -0.3 is 4.90 Å². The summed E-state index contributed by atoms with van der Waals surface area (Å²) in [6.07, 6.45) is 2.02. The van der Waals surface area contributed by atoms with Gasteiger partial charge in [0.05, 0.1) is 15.7 Å². The Hall–Kier alpha value is -1.59. The van der Waals surface area contributed by atoms with Crippen LogP contribution >= 0.6 is 23.1 Å². The van der Waals surface area contributed by atoms with Gasteiger partial charge in [0.25, 0.3) is 5.91 Å². The molecule has 1 saturated heterocycles. The van der Waals surface area contributed by atoms with Gasteiger partial charge in [0.15, 0.2) is 0 Å². The summed E-state index contributed by atoms with van der Waals surface area (Å²) in [7, 11) is 0. The number of benzene rings is 1. The van der Waals surface area contributed by atoms with Gasteiger partial charge >= 0.3 is 0 Å². The highest BCUT2D eigenvalue weighted by Crippen LogP contribution is 2.32. The van der Waals surface area contributed by atoms with E-state index in [-0.39, 0.29) is 11.3 Å². The van der Waals surface area contributed by atoms with Crippen molar-refractivity contribution in [3.05, 3.63) is 56.5 Å². The molecule has 1 amide bonds. The number of rotatable bonds is 2. The minimum atomic E-state index is 0.0682. The first-order valence-corrected chi connectivity index (χ1v) is 9.90. The minimum Gasteiger partial charge on any atom is -0.302 e. The predicted molar refractivity (Wildman–Crippen MR) is 103 cm³/mol. The van der Waals surface area contributed by atoms with E-state index in [0.29, 0.717) is 0 Å². The highest BCUT2D eigenvalue weighted by molar-refractivity contribution is 8.03. The molecule has 0 N–H and O–H groups in total. The molecule has 0 saturated carbocycles. The zero-order valence-electron chi connectivity index (χ0n) is 14.5. The molecule has 3 rings (SSSR count). The quantitative estimate of drug-likeness (QED) is 0.762. The number of carbonyl (C=O) groups is 1. The zero-order valence-corrected chi connectivity index (χ0v) is 16.1. The van der Waals surface area contributed by atoms with Crippen molar-refractivity contribution in [2.75, 3.05) is 12.3 Å². The van der Waals surface area contributed by atoms with Gasteiger partial charge in [-0.25, -0.2) is 4.98 Å². The first kappa shape index (κ1) is 17.2. The first-order chi connectivity index (χ1) is 11.3. The van der Waals surface area contributed by atoms with Crippen molar-refractivity contribution in [2.45, 2.75) is 33.1 Å². The fraction of sp³-hybridized carbons (Fsp3) is 0.368. The van der Waals surface area contributed by atoms with Crippen molar-refractivity contribution in [2.24, 2.45) is 0 Å². The van der Waals surface area contributed by atoms with Crippen LogP contribution in [0.1, 0.15) is 47.4 Å². The van der Waals surface area contributed by atoms with Crippen LogP contribution in [0.25, 0.3) is 6.08 Å². The summed E-state index contributed by atoms with van der Waals surface area (Å²) >= 11 is 3.35. The van der Waals surface area contributed by atoms with Crippen molar-refractivity contribution in [1.29, 1.82) is 0 Å². The second kappa shape index (κ2) is 6.73. The Kier molecular flexibility index (Phi) is 4.83. The molecule has 0 aliphatic carbocycles. The summed E-state index contributed by atoms with van der Waals surface area (Å²) in [5.41, 5.74) is 3.01. The Morgan fingerprint density at radius 1 is 1.25 bits per heavy atom. The van der Waals surface area contributed by atoms with Crippen LogP contribution < -0.4 is 0 Å². The number of aryl methyl sites for hydroxylation is 1. The van der Waals surface area contributed by atoms with Crippen molar-refractivity contribution in [3.63, 3.8) is 0 Å². The maximum Gasteiger partial charge on any atom is 0.258 e. The molecule has 2 aromatic rings. The van der Waals surface area contributed by atoms with E-state index in [2.05, 4.69) is 37.9 Å². The fourth-order valence-corrected chi connectivity index (χ4v) is 4.18. The van der Waals surface area contributed by atoms with E-state index < -0.39 is 0 Å². The van der Waals surface area contributed by atoms with Crippen molar-refractivity contribution in [1.82, 2.24) is 9.88 Å². The van der Waals surface area contributed by atoms with E-state index in [0.717, 1.165) is 33.6 Å². The molecule has 1 aliphatic rings. The van der Waals surface area contributed by atoms with E-state index in [4.69, 9.17) is 0 Å². The SMILES string of the molecule is Cc1nc(/C=C2/SCCN2C(=O)c2ccc(C(C)(C)C)cc2)cs1. The van der Waals surface area contributed by atoms with E-state index in [1.165, 1.54) is 5.56 Å². The monoisotopic (exact) mass is 358 g/mol. The lowest BCUT2D eigenvalue weighted by Gasteiger charge is -2.20. The summed E-state index contributed by atoms with van der Waals surface area (Å²) in [6, 6.07) is 8.00. The number of nitrogens with zero attached hydrogens (tertiary/aromatic N) is 2. The van der Waals surface area contributed by atoms with Crippen LogP contribution in [0.3, 0.4) is 0 Å². The average Bonchev–Trinajstić information content (AvgIpc) is 3.15. The predicted octanol–water partition coefficient (Wildman–Crippen LogP) is 4.94. The van der Waals surface area contributed by atoms with E-state index in [1.807, 2.05) is 35.4 Å². The Morgan fingerprint density at radius 3 is 2.54 bits per heavy atom. The molecule has 1 aromatic carbocycles.